The molecule has 0 atom stereocenters. The van der Waals surface area contributed by atoms with Gasteiger partial charge in [-0.2, -0.15) is 0 Å². The van der Waals surface area contributed by atoms with Gasteiger partial charge >= 0.3 is 0 Å². The lowest BCUT2D eigenvalue weighted by atomic mass is 10.1. The predicted molar refractivity (Wildman–Crippen MR) is 91.7 cm³/mol. The van der Waals surface area contributed by atoms with E-state index in [1.807, 2.05) is 24.4 Å². The normalized spacial score (nSPS) is 10.7. The number of benzene rings is 2. The molecular weight excluding hydrogens is 290 g/mol. The molecule has 5 heteroatoms. The molecule has 0 aliphatic heterocycles. The van der Waals surface area contributed by atoms with Gasteiger partial charge in [-0.3, -0.25) is 4.79 Å². The van der Waals surface area contributed by atoms with Crippen LogP contribution in [0.15, 0.2) is 48.7 Å². The molecule has 1 heterocycles. The zero-order valence-electron chi connectivity index (χ0n) is 12.9. The Morgan fingerprint density at radius 1 is 1.22 bits per heavy atom. The summed E-state index contributed by atoms with van der Waals surface area (Å²) < 4.78 is 5.26. The highest BCUT2D eigenvalue weighted by atomic mass is 16.5. The third-order valence-corrected chi connectivity index (χ3v) is 3.83. The van der Waals surface area contributed by atoms with E-state index in [2.05, 4.69) is 10.3 Å². The maximum Gasteiger partial charge on any atom is 0.251 e. The van der Waals surface area contributed by atoms with Crippen LogP contribution in [0, 0.1) is 0 Å². The monoisotopic (exact) mass is 309 g/mol. The van der Waals surface area contributed by atoms with Gasteiger partial charge in [0.2, 0.25) is 0 Å². The first-order chi connectivity index (χ1) is 11.2. The van der Waals surface area contributed by atoms with Gasteiger partial charge in [-0.05, 0) is 54.4 Å². The summed E-state index contributed by atoms with van der Waals surface area (Å²) in [7, 11) is 1.65. The zero-order chi connectivity index (χ0) is 16.2. The van der Waals surface area contributed by atoms with E-state index >= 15 is 0 Å². The number of aromatic nitrogens is 1. The van der Waals surface area contributed by atoms with Crippen molar-refractivity contribution < 1.29 is 9.53 Å². The zero-order valence-corrected chi connectivity index (χ0v) is 12.9. The number of nitrogens with two attached hydrogens (primary N) is 1. The number of hydrogen-bond donors (Lipinski definition) is 3. The van der Waals surface area contributed by atoms with Crippen LogP contribution in [0.1, 0.15) is 15.9 Å². The summed E-state index contributed by atoms with van der Waals surface area (Å²) in [6.45, 7) is 0.563. The number of carbonyl (C=O) groups excluding carboxylic acids is 1. The standard InChI is InChI=1S/C18H19N3O2/c1-23-15-6-7-17-16(10-15)13(11-21-17)8-9-20-18(22)12-2-4-14(19)5-3-12/h2-7,10-11,21H,8-9,19H2,1H3,(H,20,22). The lowest BCUT2D eigenvalue weighted by Crippen LogP contribution is -2.25. The molecular formula is C18H19N3O2. The van der Waals surface area contributed by atoms with Crippen LogP contribution in [-0.4, -0.2) is 24.5 Å². The quantitative estimate of drug-likeness (QED) is 0.634. The second-order valence-corrected chi connectivity index (χ2v) is 5.35. The highest BCUT2D eigenvalue weighted by Gasteiger charge is 2.07. The van der Waals surface area contributed by atoms with Crippen LogP contribution in [0.5, 0.6) is 5.75 Å². The molecule has 0 saturated carbocycles. The van der Waals surface area contributed by atoms with Gasteiger partial charge in [-0.25, -0.2) is 0 Å². The number of carbonyl (C=O) groups is 1. The van der Waals surface area contributed by atoms with Crippen molar-refractivity contribution >= 4 is 22.5 Å². The average Bonchev–Trinajstić information content (AvgIpc) is 2.97. The smallest absolute Gasteiger partial charge is 0.251 e. The van der Waals surface area contributed by atoms with Gasteiger partial charge in [-0.15, -0.1) is 0 Å². The van der Waals surface area contributed by atoms with Crippen LogP contribution >= 0.6 is 0 Å². The highest BCUT2D eigenvalue weighted by Crippen LogP contribution is 2.23. The molecule has 0 aliphatic carbocycles. The molecule has 0 fully saturated rings. The fourth-order valence-corrected chi connectivity index (χ4v) is 2.54. The van der Waals surface area contributed by atoms with Crippen LogP contribution in [0.4, 0.5) is 5.69 Å². The Morgan fingerprint density at radius 2 is 2.00 bits per heavy atom. The maximum absolute atomic E-state index is 12.1. The number of nitrogen functional groups attached to an aromatic ring is 1. The summed E-state index contributed by atoms with van der Waals surface area (Å²) in [4.78, 5) is 15.3. The summed E-state index contributed by atoms with van der Waals surface area (Å²) in [5.41, 5.74) is 9.09. The number of amides is 1. The molecule has 0 aliphatic rings. The summed E-state index contributed by atoms with van der Waals surface area (Å²) in [5, 5.41) is 4.04. The van der Waals surface area contributed by atoms with Crippen LogP contribution in [-0.2, 0) is 6.42 Å². The minimum absolute atomic E-state index is 0.0950. The third kappa shape index (κ3) is 3.29. The largest absolute Gasteiger partial charge is 0.497 e. The molecule has 0 saturated heterocycles. The second kappa shape index (κ2) is 6.44. The summed E-state index contributed by atoms with van der Waals surface area (Å²) >= 11 is 0. The number of anilines is 1. The summed E-state index contributed by atoms with van der Waals surface area (Å²) in [6.07, 6.45) is 2.72. The van der Waals surface area contributed by atoms with E-state index in [4.69, 9.17) is 10.5 Å². The predicted octanol–water partition coefficient (Wildman–Crippen LogP) is 2.73. The summed E-state index contributed by atoms with van der Waals surface area (Å²) in [6, 6.07) is 12.8. The molecule has 0 radical (unpaired) electrons. The van der Waals surface area contributed by atoms with Crippen LogP contribution < -0.4 is 15.8 Å². The van der Waals surface area contributed by atoms with Crippen molar-refractivity contribution in [2.45, 2.75) is 6.42 Å². The van der Waals surface area contributed by atoms with Crippen molar-refractivity contribution in [3.05, 3.63) is 59.8 Å². The van der Waals surface area contributed by atoms with Crippen molar-refractivity contribution in [3.8, 4) is 5.75 Å². The number of fused-ring (bicyclic) bond motifs is 1. The summed E-state index contributed by atoms with van der Waals surface area (Å²) in [5.74, 6) is 0.728. The fraction of sp³-hybridized carbons (Fsp3) is 0.167. The lowest BCUT2D eigenvalue weighted by Gasteiger charge is -2.06. The van der Waals surface area contributed by atoms with Gasteiger partial charge in [-0.1, -0.05) is 0 Å². The molecule has 0 unspecified atom stereocenters. The van der Waals surface area contributed by atoms with Crippen molar-refractivity contribution in [1.82, 2.24) is 10.3 Å². The van der Waals surface area contributed by atoms with Crippen LogP contribution in [0.3, 0.4) is 0 Å². The van der Waals surface area contributed by atoms with Crippen molar-refractivity contribution in [2.24, 2.45) is 0 Å². The first-order valence-electron chi connectivity index (χ1n) is 7.45. The van der Waals surface area contributed by atoms with E-state index in [1.54, 1.807) is 31.4 Å². The number of ether oxygens (including phenoxy) is 1. The first-order valence-corrected chi connectivity index (χ1v) is 7.45. The molecule has 23 heavy (non-hydrogen) atoms. The van der Waals surface area contributed by atoms with E-state index in [0.29, 0.717) is 17.8 Å². The maximum atomic E-state index is 12.1. The Hall–Kier alpha value is -2.95. The molecule has 5 nitrogen and oxygen atoms in total. The van der Waals surface area contributed by atoms with E-state index in [-0.39, 0.29) is 5.91 Å². The van der Waals surface area contributed by atoms with Gasteiger partial charge in [0.15, 0.2) is 0 Å². The van der Waals surface area contributed by atoms with Crippen molar-refractivity contribution in [3.63, 3.8) is 0 Å². The van der Waals surface area contributed by atoms with Crippen molar-refractivity contribution in [1.29, 1.82) is 0 Å². The molecule has 118 valence electrons. The third-order valence-electron chi connectivity index (χ3n) is 3.83. The Kier molecular flexibility index (Phi) is 4.19. The number of nitrogens with one attached hydrogen (secondary N) is 2. The molecule has 3 aromatic rings. The molecule has 1 amide bonds. The minimum atomic E-state index is -0.0950. The fourth-order valence-electron chi connectivity index (χ4n) is 2.54. The number of hydrogen-bond acceptors (Lipinski definition) is 3. The number of aromatic amines is 1. The first kappa shape index (κ1) is 15.0. The van der Waals surface area contributed by atoms with Gasteiger partial charge in [0, 0.05) is 34.9 Å². The highest BCUT2D eigenvalue weighted by molar-refractivity contribution is 5.94. The molecule has 1 aromatic heterocycles. The average molecular weight is 309 g/mol. The number of methoxy groups -OCH3 is 1. The number of rotatable bonds is 5. The molecule has 3 rings (SSSR count). The SMILES string of the molecule is COc1ccc2[nH]cc(CCNC(=O)c3ccc(N)cc3)c2c1. The molecule has 0 spiro atoms. The Labute approximate surface area is 134 Å². The van der Waals surface area contributed by atoms with Crippen LogP contribution in [0.25, 0.3) is 10.9 Å². The van der Waals surface area contributed by atoms with Gasteiger partial charge in [0.05, 0.1) is 7.11 Å². The topological polar surface area (TPSA) is 80.1 Å². The number of H-pyrrole nitrogens is 1. The Morgan fingerprint density at radius 3 is 2.74 bits per heavy atom. The van der Waals surface area contributed by atoms with Gasteiger partial charge < -0.3 is 20.8 Å². The Balaban J connectivity index is 1.64. The molecule has 2 aromatic carbocycles. The Bertz CT molecular complexity index is 822. The minimum Gasteiger partial charge on any atom is -0.497 e. The van der Waals surface area contributed by atoms with E-state index in [0.717, 1.165) is 28.6 Å². The lowest BCUT2D eigenvalue weighted by molar-refractivity contribution is 0.0954. The van der Waals surface area contributed by atoms with Gasteiger partial charge in [0.1, 0.15) is 5.75 Å². The molecule has 4 N–H and O–H groups in total. The van der Waals surface area contributed by atoms with E-state index in [9.17, 15) is 4.79 Å². The van der Waals surface area contributed by atoms with E-state index < -0.39 is 0 Å². The second-order valence-electron chi connectivity index (χ2n) is 5.35. The molecule has 0 bridgehead atoms. The van der Waals surface area contributed by atoms with Crippen LogP contribution in [0.2, 0.25) is 0 Å². The van der Waals surface area contributed by atoms with Crippen molar-refractivity contribution in [2.75, 3.05) is 19.4 Å². The van der Waals surface area contributed by atoms with E-state index in [1.165, 1.54) is 0 Å². The van der Waals surface area contributed by atoms with Gasteiger partial charge in [0.25, 0.3) is 5.91 Å².